The minimum absolute atomic E-state index is 0.116. The molecule has 1 aromatic rings. The maximum Gasteiger partial charge on any atom is 0.252 e. The molecule has 0 atom stereocenters. The van der Waals surface area contributed by atoms with Gasteiger partial charge in [0.1, 0.15) is 5.82 Å². The highest BCUT2D eigenvalue weighted by atomic mass is 35.5. The van der Waals surface area contributed by atoms with Crippen LogP contribution in [0.5, 0.6) is 0 Å². The van der Waals surface area contributed by atoms with Crippen LogP contribution in [0, 0.1) is 5.92 Å². The van der Waals surface area contributed by atoms with Crippen molar-refractivity contribution in [3.8, 4) is 0 Å². The molecule has 0 radical (unpaired) electrons. The van der Waals surface area contributed by atoms with Crippen molar-refractivity contribution in [3.05, 3.63) is 22.8 Å². The molecule has 0 aromatic carbocycles. The molecule has 1 aromatic heterocycles. The Bertz CT molecular complexity index is 458. The van der Waals surface area contributed by atoms with Crippen molar-refractivity contribution in [2.24, 2.45) is 5.92 Å². The van der Waals surface area contributed by atoms with Gasteiger partial charge in [0, 0.05) is 19.3 Å². The van der Waals surface area contributed by atoms with E-state index >= 15 is 0 Å². The Morgan fingerprint density at radius 2 is 2.20 bits per heavy atom. The van der Waals surface area contributed by atoms with Gasteiger partial charge >= 0.3 is 0 Å². The lowest BCUT2D eigenvalue weighted by atomic mass is 10.0. The maximum atomic E-state index is 12.1. The van der Waals surface area contributed by atoms with E-state index in [9.17, 15) is 4.79 Å². The van der Waals surface area contributed by atoms with E-state index in [1.165, 1.54) is 31.9 Å². The molecule has 0 spiro atoms. The molecule has 1 saturated carbocycles. The van der Waals surface area contributed by atoms with Crippen LogP contribution in [0.4, 0.5) is 5.82 Å². The summed E-state index contributed by atoms with van der Waals surface area (Å²) in [5.41, 5.74) is 0.490. The molecule has 1 fully saturated rings. The third kappa shape index (κ3) is 4.10. The fraction of sp³-hybridized carbons (Fsp3) is 0.600. The molecule has 2 rings (SSSR count). The molecule has 1 aliphatic rings. The van der Waals surface area contributed by atoms with Gasteiger partial charge in [-0.25, -0.2) is 4.98 Å². The summed E-state index contributed by atoms with van der Waals surface area (Å²) in [4.78, 5) is 16.3. The molecule has 2 N–H and O–H groups in total. The van der Waals surface area contributed by atoms with Gasteiger partial charge in [-0.05, 0) is 25.3 Å². The number of nitrogens with zero attached hydrogens (tertiary/aromatic N) is 1. The van der Waals surface area contributed by atoms with Gasteiger partial charge in [-0.15, -0.1) is 0 Å². The zero-order valence-electron chi connectivity index (χ0n) is 11.9. The quantitative estimate of drug-likeness (QED) is 0.845. The average Bonchev–Trinajstić information content (AvgIpc) is 2.94. The number of carbonyl (C=O) groups excluding carboxylic acids is 1. The van der Waals surface area contributed by atoms with E-state index in [2.05, 4.69) is 15.6 Å². The predicted octanol–water partition coefficient (Wildman–Crippen LogP) is 3.48. The summed E-state index contributed by atoms with van der Waals surface area (Å²) in [5.74, 6) is 1.34. The lowest BCUT2D eigenvalue weighted by Crippen LogP contribution is -2.26. The van der Waals surface area contributed by atoms with Gasteiger partial charge in [0.05, 0.1) is 10.6 Å². The van der Waals surface area contributed by atoms with Gasteiger partial charge in [0.25, 0.3) is 5.91 Å². The highest BCUT2D eigenvalue weighted by Gasteiger charge is 2.16. The predicted molar refractivity (Wildman–Crippen MR) is 82.3 cm³/mol. The van der Waals surface area contributed by atoms with E-state index in [4.69, 9.17) is 11.6 Å². The minimum atomic E-state index is -0.116. The lowest BCUT2D eigenvalue weighted by Gasteiger charge is -2.11. The number of anilines is 1. The van der Waals surface area contributed by atoms with Crippen LogP contribution in [0.2, 0.25) is 5.02 Å². The van der Waals surface area contributed by atoms with Crippen molar-refractivity contribution in [3.63, 3.8) is 0 Å². The Morgan fingerprint density at radius 3 is 2.90 bits per heavy atom. The summed E-state index contributed by atoms with van der Waals surface area (Å²) in [5, 5.41) is 6.43. The van der Waals surface area contributed by atoms with Gasteiger partial charge < -0.3 is 10.6 Å². The summed E-state index contributed by atoms with van der Waals surface area (Å²) in [6, 6.07) is 1.71. The van der Waals surface area contributed by atoms with E-state index < -0.39 is 0 Å². The number of amides is 1. The number of aromatic nitrogens is 1. The molecule has 1 heterocycles. The van der Waals surface area contributed by atoms with E-state index in [1.54, 1.807) is 6.07 Å². The first-order chi connectivity index (χ1) is 9.70. The molecule has 1 aliphatic carbocycles. The standard InChI is InChI=1S/C15H22ClN3O/c1-2-17-14-9-12(13(16)10-19-14)15(20)18-8-7-11-5-3-4-6-11/h9-11H,2-8H2,1H3,(H,17,19)(H,18,20). The van der Waals surface area contributed by atoms with Crippen LogP contribution < -0.4 is 10.6 Å². The van der Waals surface area contributed by atoms with Crippen LogP contribution in [0.1, 0.15) is 49.4 Å². The van der Waals surface area contributed by atoms with Gasteiger partial charge in [0.2, 0.25) is 0 Å². The SMILES string of the molecule is CCNc1cc(C(=O)NCCC2CCCC2)c(Cl)cn1. The first kappa shape index (κ1) is 15.1. The van der Waals surface area contributed by atoms with Crippen molar-refractivity contribution in [1.29, 1.82) is 0 Å². The molecule has 5 heteroatoms. The Balaban J connectivity index is 1.88. The van der Waals surface area contributed by atoms with Gasteiger partial charge in [0.15, 0.2) is 0 Å². The molecule has 0 aliphatic heterocycles. The van der Waals surface area contributed by atoms with E-state index in [1.807, 2.05) is 6.92 Å². The molecule has 0 bridgehead atoms. The van der Waals surface area contributed by atoms with Gasteiger partial charge in [-0.3, -0.25) is 4.79 Å². The summed E-state index contributed by atoms with van der Waals surface area (Å²) < 4.78 is 0. The van der Waals surface area contributed by atoms with Crippen LogP contribution in [0.15, 0.2) is 12.3 Å². The summed E-state index contributed by atoms with van der Waals surface area (Å²) in [6.07, 6.45) is 7.86. The number of hydrogen-bond donors (Lipinski definition) is 2. The van der Waals surface area contributed by atoms with Crippen molar-refractivity contribution < 1.29 is 4.79 Å². The fourth-order valence-corrected chi connectivity index (χ4v) is 2.86. The van der Waals surface area contributed by atoms with Gasteiger partial charge in [-0.1, -0.05) is 37.3 Å². The number of nitrogens with one attached hydrogen (secondary N) is 2. The second kappa shape index (κ2) is 7.48. The van der Waals surface area contributed by atoms with Crippen molar-refractivity contribution in [2.75, 3.05) is 18.4 Å². The normalized spacial score (nSPS) is 15.3. The zero-order valence-corrected chi connectivity index (χ0v) is 12.7. The minimum Gasteiger partial charge on any atom is -0.370 e. The molecule has 1 amide bonds. The van der Waals surface area contributed by atoms with Crippen LogP contribution in [-0.2, 0) is 0 Å². The number of pyridine rings is 1. The molecule has 0 saturated heterocycles. The highest BCUT2D eigenvalue weighted by Crippen LogP contribution is 2.27. The van der Waals surface area contributed by atoms with Crippen molar-refractivity contribution in [1.82, 2.24) is 10.3 Å². The second-order valence-electron chi connectivity index (χ2n) is 5.27. The fourth-order valence-electron chi connectivity index (χ4n) is 2.67. The maximum absolute atomic E-state index is 12.1. The number of rotatable bonds is 6. The van der Waals surface area contributed by atoms with Crippen molar-refractivity contribution in [2.45, 2.75) is 39.0 Å². The van der Waals surface area contributed by atoms with E-state index in [0.717, 1.165) is 25.4 Å². The van der Waals surface area contributed by atoms with Gasteiger partial charge in [-0.2, -0.15) is 0 Å². The molecule has 20 heavy (non-hydrogen) atoms. The van der Waals surface area contributed by atoms with Crippen LogP contribution >= 0.6 is 11.6 Å². The lowest BCUT2D eigenvalue weighted by molar-refractivity contribution is 0.0951. The number of carbonyl (C=O) groups is 1. The Morgan fingerprint density at radius 1 is 1.45 bits per heavy atom. The molecular formula is C15H22ClN3O. The van der Waals surface area contributed by atoms with Crippen LogP contribution in [0.25, 0.3) is 0 Å². The topological polar surface area (TPSA) is 54.0 Å². The summed E-state index contributed by atoms with van der Waals surface area (Å²) >= 11 is 6.05. The highest BCUT2D eigenvalue weighted by molar-refractivity contribution is 6.33. The van der Waals surface area contributed by atoms with E-state index in [-0.39, 0.29) is 5.91 Å². The monoisotopic (exact) mass is 295 g/mol. The molecule has 0 unspecified atom stereocenters. The smallest absolute Gasteiger partial charge is 0.252 e. The second-order valence-corrected chi connectivity index (χ2v) is 5.68. The molecular weight excluding hydrogens is 274 g/mol. The third-order valence-electron chi connectivity index (χ3n) is 3.77. The first-order valence-corrected chi connectivity index (χ1v) is 7.76. The largest absolute Gasteiger partial charge is 0.370 e. The van der Waals surface area contributed by atoms with Crippen LogP contribution in [0.3, 0.4) is 0 Å². The Labute approximate surface area is 125 Å². The Kier molecular flexibility index (Phi) is 5.65. The number of halogens is 1. The van der Waals surface area contributed by atoms with Crippen LogP contribution in [-0.4, -0.2) is 24.0 Å². The average molecular weight is 296 g/mol. The molecule has 110 valence electrons. The summed E-state index contributed by atoms with van der Waals surface area (Å²) in [6.45, 7) is 3.47. The van der Waals surface area contributed by atoms with E-state index in [0.29, 0.717) is 16.4 Å². The third-order valence-corrected chi connectivity index (χ3v) is 4.07. The Hall–Kier alpha value is -1.29. The first-order valence-electron chi connectivity index (χ1n) is 7.38. The summed E-state index contributed by atoms with van der Waals surface area (Å²) in [7, 11) is 0. The molecule has 4 nitrogen and oxygen atoms in total. The van der Waals surface area contributed by atoms with Crippen molar-refractivity contribution >= 4 is 23.3 Å². The zero-order chi connectivity index (χ0) is 14.4. The number of hydrogen-bond acceptors (Lipinski definition) is 3.